The van der Waals surface area contributed by atoms with E-state index in [2.05, 4.69) is 4.98 Å². The van der Waals surface area contributed by atoms with E-state index in [0.717, 1.165) is 12.1 Å². The van der Waals surface area contributed by atoms with E-state index in [1.807, 2.05) is 0 Å². The number of carbonyl (C=O) groups is 1. The van der Waals surface area contributed by atoms with Crippen molar-refractivity contribution in [3.8, 4) is 11.6 Å². The Bertz CT molecular complexity index is 670. The second kappa shape index (κ2) is 6.66. The number of nitrogens with two attached hydrogens (primary N) is 1. The number of carboxylic acids is 1. The summed E-state index contributed by atoms with van der Waals surface area (Å²) in [4.78, 5) is 14.3. The van der Waals surface area contributed by atoms with Crippen molar-refractivity contribution < 1.29 is 27.8 Å². The zero-order valence-electron chi connectivity index (χ0n) is 11.7. The van der Waals surface area contributed by atoms with Gasteiger partial charge in [0.1, 0.15) is 11.8 Å². The predicted molar refractivity (Wildman–Crippen MR) is 75.1 cm³/mol. The molecular weight excluding hydrogens is 313 g/mol. The molecule has 5 nitrogen and oxygen atoms in total. The quantitative estimate of drug-likeness (QED) is 0.882. The highest BCUT2D eigenvalue weighted by molar-refractivity contribution is 5.73. The molecule has 1 aromatic heterocycles. The van der Waals surface area contributed by atoms with Gasteiger partial charge in [-0.25, -0.2) is 4.98 Å². The van der Waals surface area contributed by atoms with Gasteiger partial charge in [-0.05, 0) is 30.2 Å². The van der Waals surface area contributed by atoms with Crippen LogP contribution in [0.1, 0.15) is 11.1 Å². The molecule has 0 aliphatic carbocycles. The topological polar surface area (TPSA) is 85.4 Å². The molecule has 0 saturated carbocycles. The number of halogens is 3. The molecular formula is C15H13F3N2O3. The number of benzene rings is 1. The van der Waals surface area contributed by atoms with E-state index in [1.165, 1.54) is 0 Å². The fourth-order valence-electron chi connectivity index (χ4n) is 1.76. The van der Waals surface area contributed by atoms with Crippen LogP contribution < -0.4 is 10.5 Å². The third-order valence-corrected chi connectivity index (χ3v) is 2.98. The number of rotatable bonds is 5. The lowest BCUT2D eigenvalue weighted by Gasteiger charge is -2.09. The molecule has 23 heavy (non-hydrogen) atoms. The van der Waals surface area contributed by atoms with Crippen molar-refractivity contribution in [1.29, 1.82) is 0 Å². The molecule has 8 heteroatoms. The predicted octanol–water partition coefficient (Wildman–Crippen LogP) is 2.85. The summed E-state index contributed by atoms with van der Waals surface area (Å²) in [6.07, 6.45) is -3.60. The monoisotopic (exact) mass is 326 g/mol. The lowest BCUT2D eigenvalue weighted by molar-refractivity contribution is -0.139. The first-order valence-corrected chi connectivity index (χ1v) is 6.54. The van der Waals surface area contributed by atoms with Crippen LogP contribution in [-0.4, -0.2) is 22.1 Å². The Kier molecular flexibility index (Phi) is 4.85. The zero-order valence-corrected chi connectivity index (χ0v) is 11.7. The van der Waals surface area contributed by atoms with Crippen LogP contribution >= 0.6 is 0 Å². The summed E-state index contributed by atoms with van der Waals surface area (Å²) in [6.45, 7) is 0. The van der Waals surface area contributed by atoms with E-state index >= 15 is 0 Å². The molecule has 3 N–H and O–H groups in total. The average molecular weight is 326 g/mol. The Hall–Kier alpha value is -2.61. The first kappa shape index (κ1) is 16.8. The molecule has 0 spiro atoms. The first-order valence-electron chi connectivity index (χ1n) is 6.54. The molecule has 1 aromatic carbocycles. The van der Waals surface area contributed by atoms with Crippen LogP contribution in [0, 0.1) is 0 Å². The number of aromatic nitrogens is 1. The van der Waals surface area contributed by atoms with E-state index in [9.17, 15) is 18.0 Å². The highest BCUT2D eigenvalue weighted by atomic mass is 19.4. The van der Waals surface area contributed by atoms with Gasteiger partial charge in [0.2, 0.25) is 5.88 Å². The van der Waals surface area contributed by atoms with Gasteiger partial charge in [-0.3, -0.25) is 4.79 Å². The maximum Gasteiger partial charge on any atom is 0.417 e. The van der Waals surface area contributed by atoms with Crippen LogP contribution in [0.15, 0.2) is 42.6 Å². The van der Waals surface area contributed by atoms with E-state index in [-0.39, 0.29) is 12.3 Å². The van der Waals surface area contributed by atoms with Crippen LogP contribution in [0.25, 0.3) is 0 Å². The number of aliphatic carboxylic acids is 1. The number of nitrogens with zero attached hydrogens (tertiary/aromatic N) is 1. The maximum absolute atomic E-state index is 12.4. The Morgan fingerprint density at radius 1 is 1.22 bits per heavy atom. The molecule has 2 rings (SSSR count). The Labute approximate surface area is 129 Å². The maximum atomic E-state index is 12.4. The van der Waals surface area contributed by atoms with Crippen molar-refractivity contribution in [1.82, 2.24) is 4.98 Å². The Morgan fingerprint density at radius 2 is 1.87 bits per heavy atom. The molecule has 0 bridgehead atoms. The van der Waals surface area contributed by atoms with Crippen LogP contribution in [0.4, 0.5) is 13.2 Å². The highest BCUT2D eigenvalue weighted by Crippen LogP contribution is 2.30. The molecule has 0 aliphatic heterocycles. The molecule has 0 aliphatic rings. The summed E-state index contributed by atoms with van der Waals surface area (Å²) in [6, 6.07) is 7.37. The van der Waals surface area contributed by atoms with Crippen LogP contribution in [0.3, 0.4) is 0 Å². The largest absolute Gasteiger partial charge is 0.480 e. The molecule has 1 atom stereocenters. The van der Waals surface area contributed by atoms with Gasteiger partial charge in [-0.15, -0.1) is 0 Å². The van der Waals surface area contributed by atoms with Gasteiger partial charge in [0.05, 0.1) is 5.56 Å². The second-order valence-corrected chi connectivity index (χ2v) is 4.78. The fraction of sp³-hybridized carbons (Fsp3) is 0.200. The summed E-state index contributed by atoms with van der Waals surface area (Å²) in [7, 11) is 0. The number of hydrogen-bond acceptors (Lipinski definition) is 4. The molecule has 0 radical (unpaired) electrons. The molecule has 0 amide bonds. The van der Waals surface area contributed by atoms with Crippen molar-refractivity contribution in [2.75, 3.05) is 0 Å². The van der Waals surface area contributed by atoms with E-state index in [1.54, 1.807) is 24.3 Å². The van der Waals surface area contributed by atoms with Crippen molar-refractivity contribution >= 4 is 5.97 Å². The van der Waals surface area contributed by atoms with Gasteiger partial charge < -0.3 is 15.6 Å². The summed E-state index contributed by atoms with van der Waals surface area (Å²) in [5.74, 6) is -0.711. The van der Waals surface area contributed by atoms with Gasteiger partial charge in [-0.2, -0.15) is 13.2 Å². The minimum atomic E-state index is -4.45. The minimum Gasteiger partial charge on any atom is -0.480 e. The minimum absolute atomic E-state index is 0.0213. The summed E-state index contributed by atoms with van der Waals surface area (Å²) < 4.78 is 42.6. The highest BCUT2D eigenvalue weighted by Gasteiger charge is 2.30. The number of carboxylic acid groups (broad SMARTS) is 1. The number of hydrogen-bond donors (Lipinski definition) is 2. The van der Waals surface area contributed by atoms with E-state index in [0.29, 0.717) is 17.5 Å². The van der Waals surface area contributed by atoms with Gasteiger partial charge in [0.25, 0.3) is 0 Å². The molecule has 0 saturated heterocycles. The van der Waals surface area contributed by atoms with Crippen LogP contribution in [0.2, 0.25) is 0 Å². The molecule has 0 fully saturated rings. The second-order valence-electron chi connectivity index (χ2n) is 4.78. The average Bonchev–Trinajstić information content (AvgIpc) is 2.49. The van der Waals surface area contributed by atoms with Gasteiger partial charge in [-0.1, -0.05) is 12.1 Å². The molecule has 2 aromatic rings. The molecule has 122 valence electrons. The lowest BCUT2D eigenvalue weighted by atomic mass is 10.1. The number of pyridine rings is 1. The molecule has 1 unspecified atom stereocenters. The van der Waals surface area contributed by atoms with Crippen molar-refractivity contribution in [3.05, 3.63) is 53.7 Å². The number of alkyl halides is 3. The van der Waals surface area contributed by atoms with Gasteiger partial charge in [0.15, 0.2) is 0 Å². The fourth-order valence-corrected chi connectivity index (χ4v) is 1.76. The lowest BCUT2D eigenvalue weighted by Crippen LogP contribution is -2.32. The van der Waals surface area contributed by atoms with Crippen LogP contribution in [0.5, 0.6) is 11.6 Å². The first-order chi connectivity index (χ1) is 10.8. The van der Waals surface area contributed by atoms with Gasteiger partial charge in [0, 0.05) is 12.3 Å². The summed E-state index contributed by atoms with van der Waals surface area (Å²) >= 11 is 0. The smallest absolute Gasteiger partial charge is 0.417 e. The Balaban J connectivity index is 2.02. The van der Waals surface area contributed by atoms with Crippen molar-refractivity contribution in [2.24, 2.45) is 5.73 Å². The summed E-state index contributed by atoms with van der Waals surface area (Å²) in [5, 5.41) is 8.73. The van der Waals surface area contributed by atoms with Crippen molar-refractivity contribution in [2.45, 2.75) is 18.6 Å². The standard InChI is InChI=1S/C15H13F3N2O3/c16-15(17,18)10-3-6-13(20-8-10)23-11-4-1-9(2-5-11)7-12(19)14(21)22/h1-6,8,12H,7,19H2,(H,21,22). The van der Waals surface area contributed by atoms with Gasteiger partial charge >= 0.3 is 12.1 Å². The zero-order chi connectivity index (χ0) is 17.0. The van der Waals surface area contributed by atoms with Crippen molar-refractivity contribution in [3.63, 3.8) is 0 Å². The SMILES string of the molecule is NC(Cc1ccc(Oc2ccc(C(F)(F)F)cn2)cc1)C(=O)O. The Morgan fingerprint density at radius 3 is 2.35 bits per heavy atom. The third-order valence-electron chi connectivity index (χ3n) is 2.98. The normalized spacial score (nSPS) is 12.7. The van der Waals surface area contributed by atoms with Crippen LogP contribution in [-0.2, 0) is 17.4 Å². The summed E-state index contributed by atoms with van der Waals surface area (Å²) in [5.41, 5.74) is 5.27. The van der Waals surface area contributed by atoms with E-state index < -0.39 is 23.8 Å². The van der Waals surface area contributed by atoms with E-state index in [4.69, 9.17) is 15.6 Å². The number of ether oxygens (including phenoxy) is 1. The molecule has 1 heterocycles. The third kappa shape index (κ3) is 4.68.